The molecule has 0 amide bonds. The molecule has 3 rings (SSSR count). The van der Waals surface area contributed by atoms with E-state index in [0.29, 0.717) is 16.8 Å². The minimum atomic E-state index is -1.53. The zero-order valence-electron chi connectivity index (χ0n) is 13.8. The van der Waals surface area contributed by atoms with Crippen molar-refractivity contribution in [1.29, 1.82) is 0 Å². The number of aromatic nitrogens is 1. The largest absolute Gasteiger partial charge is 0.480 e. The summed E-state index contributed by atoms with van der Waals surface area (Å²) in [5.74, 6) is -1.17. The van der Waals surface area contributed by atoms with E-state index in [4.69, 9.17) is 15.6 Å². The van der Waals surface area contributed by atoms with Crippen LogP contribution < -0.4 is 5.73 Å². The third-order valence-electron chi connectivity index (χ3n) is 4.76. The lowest BCUT2D eigenvalue weighted by molar-refractivity contribution is -0.232. The van der Waals surface area contributed by atoms with E-state index in [1.165, 1.54) is 0 Å². The Kier molecular flexibility index (Phi) is 5.28. The molecule has 6 atom stereocenters. The average molecular weight is 366 g/mol. The molecule has 8 N–H and O–H groups in total. The van der Waals surface area contributed by atoms with E-state index < -0.39 is 49.1 Å². The van der Waals surface area contributed by atoms with Gasteiger partial charge in [0.15, 0.2) is 0 Å². The number of nitrogens with two attached hydrogens (primary N) is 1. The Morgan fingerprint density at radius 1 is 1.19 bits per heavy atom. The Bertz CT molecular complexity index is 791. The highest BCUT2D eigenvalue weighted by atomic mass is 16.5. The summed E-state index contributed by atoms with van der Waals surface area (Å²) < 4.78 is 5.60. The molecular formula is C17H22N2O7. The third kappa shape index (κ3) is 3.20. The van der Waals surface area contributed by atoms with Gasteiger partial charge in [-0.05, 0) is 11.6 Å². The number of carboxylic acid groups (broad SMARTS) is 1. The van der Waals surface area contributed by atoms with Crippen molar-refractivity contribution in [2.45, 2.75) is 43.0 Å². The van der Waals surface area contributed by atoms with Gasteiger partial charge in [0.05, 0.1) is 12.3 Å². The van der Waals surface area contributed by atoms with E-state index in [-0.39, 0.29) is 6.42 Å². The first-order valence-corrected chi connectivity index (χ1v) is 8.23. The number of hydrogen-bond acceptors (Lipinski definition) is 7. The highest BCUT2D eigenvalue weighted by molar-refractivity contribution is 5.86. The molecule has 9 nitrogen and oxygen atoms in total. The maximum Gasteiger partial charge on any atom is 0.320 e. The minimum absolute atomic E-state index is 0.0241. The Labute approximate surface area is 148 Å². The van der Waals surface area contributed by atoms with Gasteiger partial charge in [-0.15, -0.1) is 0 Å². The number of benzene rings is 1. The van der Waals surface area contributed by atoms with Crippen LogP contribution >= 0.6 is 0 Å². The van der Waals surface area contributed by atoms with Crippen LogP contribution in [0.3, 0.4) is 0 Å². The predicted octanol–water partition coefficient (Wildman–Crippen LogP) is -1.36. The number of aliphatic hydroxyl groups is 4. The van der Waals surface area contributed by atoms with Crippen LogP contribution in [0.25, 0.3) is 10.9 Å². The number of nitrogens with one attached hydrogen (secondary N) is 1. The number of carboxylic acids is 1. The number of aromatic amines is 1. The van der Waals surface area contributed by atoms with Crippen molar-refractivity contribution in [3.63, 3.8) is 0 Å². The summed E-state index contributed by atoms with van der Waals surface area (Å²) in [4.78, 5) is 14.3. The lowest BCUT2D eigenvalue weighted by Gasteiger charge is -2.40. The fourth-order valence-corrected chi connectivity index (χ4v) is 3.33. The van der Waals surface area contributed by atoms with Crippen molar-refractivity contribution >= 4 is 16.9 Å². The molecule has 2 heterocycles. The first-order valence-electron chi connectivity index (χ1n) is 8.23. The molecule has 1 saturated heterocycles. The number of aliphatic hydroxyl groups excluding tert-OH is 4. The van der Waals surface area contributed by atoms with Gasteiger partial charge in [0, 0.05) is 17.3 Å². The fraction of sp³-hybridized carbons (Fsp3) is 0.471. The molecule has 0 saturated carbocycles. The Hall–Kier alpha value is -2.01. The molecular weight excluding hydrogens is 344 g/mol. The lowest BCUT2D eigenvalue weighted by atomic mass is 9.90. The summed E-state index contributed by atoms with van der Waals surface area (Å²) in [7, 11) is 0. The molecule has 1 fully saturated rings. The van der Waals surface area contributed by atoms with Crippen LogP contribution in [-0.4, -0.2) is 73.6 Å². The van der Waals surface area contributed by atoms with Crippen LogP contribution in [0.5, 0.6) is 0 Å². The van der Waals surface area contributed by atoms with Crippen molar-refractivity contribution in [2.24, 2.45) is 5.73 Å². The van der Waals surface area contributed by atoms with Gasteiger partial charge in [0.2, 0.25) is 0 Å². The Morgan fingerprint density at radius 3 is 2.54 bits per heavy atom. The zero-order chi connectivity index (χ0) is 19.0. The zero-order valence-corrected chi connectivity index (χ0v) is 13.8. The highest BCUT2D eigenvalue weighted by Gasteiger charge is 2.45. The Morgan fingerprint density at radius 2 is 1.88 bits per heavy atom. The number of para-hydroxylation sites is 1. The van der Waals surface area contributed by atoms with E-state index in [1.54, 1.807) is 24.3 Å². The van der Waals surface area contributed by atoms with Gasteiger partial charge in [0.25, 0.3) is 0 Å². The normalized spacial score (nSPS) is 30.4. The molecule has 0 bridgehead atoms. The quantitative estimate of drug-likeness (QED) is 0.340. The van der Waals surface area contributed by atoms with E-state index >= 15 is 0 Å². The molecule has 0 spiro atoms. The standard InChI is InChI=1S/C17H22N2O7/c18-9(17(24)25)5-8-7-3-1-2-4-10(7)19-12(8)16-15(23)14(22)13(21)11(6-20)26-16/h1-4,9,11,13-16,19-23H,5-6,18H2,(H,24,25)/t9-,11-,13-,14+,15+,16-/m0/s1. The van der Waals surface area contributed by atoms with E-state index in [9.17, 15) is 25.2 Å². The van der Waals surface area contributed by atoms with Gasteiger partial charge in [-0.3, -0.25) is 4.79 Å². The number of fused-ring (bicyclic) bond motifs is 1. The maximum atomic E-state index is 11.2. The van der Waals surface area contributed by atoms with Crippen molar-refractivity contribution in [3.8, 4) is 0 Å². The smallest absolute Gasteiger partial charge is 0.320 e. The summed E-state index contributed by atoms with van der Waals surface area (Å²) in [5, 5.41) is 49.6. The SMILES string of the molecule is N[C@@H](Cc1c([C@@H]2O[C@@H](CO)[C@H](O)[C@@H](O)[C@H]2O)[nH]c2ccccc12)C(=O)O. The van der Waals surface area contributed by atoms with Crippen molar-refractivity contribution in [3.05, 3.63) is 35.5 Å². The van der Waals surface area contributed by atoms with Gasteiger partial charge < -0.3 is 41.0 Å². The molecule has 9 heteroatoms. The fourth-order valence-electron chi connectivity index (χ4n) is 3.33. The van der Waals surface area contributed by atoms with Gasteiger partial charge in [-0.25, -0.2) is 0 Å². The average Bonchev–Trinajstić information content (AvgIpc) is 2.98. The summed E-state index contributed by atoms with van der Waals surface area (Å²) in [5.41, 5.74) is 7.28. The van der Waals surface area contributed by atoms with Gasteiger partial charge in [0.1, 0.15) is 36.6 Å². The van der Waals surface area contributed by atoms with Gasteiger partial charge >= 0.3 is 5.97 Å². The number of H-pyrrole nitrogens is 1. The minimum Gasteiger partial charge on any atom is -0.480 e. The molecule has 0 unspecified atom stereocenters. The molecule has 1 aromatic carbocycles. The van der Waals surface area contributed by atoms with Crippen LogP contribution in [-0.2, 0) is 16.0 Å². The number of rotatable bonds is 5. The molecule has 26 heavy (non-hydrogen) atoms. The van der Waals surface area contributed by atoms with Crippen LogP contribution in [0.2, 0.25) is 0 Å². The van der Waals surface area contributed by atoms with E-state index in [0.717, 1.165) is 5.39 Å². The monoisotopic (exact) mass is 366 g/mol. The second-order valence-corrected chi connectivity index (χ2v) is 6.46. The van der Waals surface area contributed by atoms with Gasteiger partial charge in [-0.1, -0.05) is 18.2 Å². The van der Waals surface area contributed by atoms with Crippen molar-refractivity contribution in [2.75, 3.05) is 6.61 Å². The first kappa shape index (κ1) is 18.8. The summed E-state index contributed by atoms with van der Waals surface area (Å²) in [6.45, 7) is -0.550. The molecule has 0 aliphatic carbocycles. The number of hydrogen-bond donors (Lipinski definition) is 7. The summed E-state index contributed by atoms with van der Waals surface area (Å²) in [6.07, 6.45) is -6.65. The van der Waals surface area contributed by atoms with Crippen LogP contribution in [0.15, 0.2) is 24.3 Å². The van der Waals surface area contributed by atoms with Gasteiger partial charge in [-0.2, -0.15) is 0 Å². The Balaban J connectivity index is 2.07. The maximum absolute atomic E-state index is 11.2. The third-order valence-corrected chi connectivity index (χ3v) is 4.76. The van der Waals surface area contributed by atoms with E-state index in [2.05, 4.69) is 4.98 Å². The second-order valence-electron chi connectivity index (χ2n) is 6.46. The first-order chi connectivity index (χ1) is 12.3. The predicted molar refractivity (Wildman–Crippen MR) is 90.3 cm³/mol. The molecule has 1 aromatic heterocycles. The lowest BCUT2D eigenvalue weighted by Crippen LogP contribution is -2.55. The van der Waals surface area contributed by atoms with Crippen molar-refractivity contribution in [1.82, 2.24) is 4.98 Å². The molecule has 2 aromatic rings. The molecule has 1 aliphatic rings. The number of aliphatic carboxylic acids is 1. The van der Waals surface area contributed by atoms with Crippen LogP contribution in [0.4, 0.5) is 0 Å². The summed E-state index contributed by atoms with van der Waals surface area (Å²) >= 11 is 0. The molecule has 142 valence electrons. The molecule has 0 radical (unpaired) electrons. The van der Waals surface area contributed by atoms with Crippen LogP contribution in [0, 0.1) is 0 Å². The van der Waals surface area contributed by atoms with Crippen LogP contribution in [0.1, 0.15) is 17.4 Å². The highest BCUT2D eigenvalue weighted by Crippen LogP contribution is 2.36. The second kappa shape index (κ2) is 7.31. The van der Waals surface area contributed by atoms with E-state index in [1.807, 2.05) is 0 Å². The number of carbonyl (C=O) groups is 1. The topological polar surface area (TPSA) is 169 Å². The molecule has 1 aliphatic heterocycles. The number of ether oxygens (including phenoxy) is 1. The summed E-state index contributed by atoms with van der Waals surface area (Å²) in [6, 6.07) is 5.96. The van der Waals surface area contributed by atoms with Crippen molar-refractivity contribution < 1.29 is 35.1 Å².